The van der Waals surface area contributed by atoms with Crippen LogP contribution in [0.1, 0.15) is 17.3 Å². The summed E-state index contributed by atoms with van der Waals surface area (Å²) in [6, 6.07) is 7.58. The van der Waals surface area contributed by atoms with E-state index in [9.17, 15) is 0 Å². The van der Waals surface area contributed by atoms with Crippen LogP contribution in [0.4, 0.5) is 0 Å². The van der Waals surface area contributed by atoms with E-state index in [4.69, 9.17) is 10.5 Å². The van der Waals surface area contributed by atoms with Crippen molar-refractivity contribution in [2.45, 2.75) is 6.04 Å². The highest BCUT2D eigenvalue weighted by molar-refractivity contribution is 7.07. The first-order valence-electron chi connectivity index (χ1n) is 4.59. The van der Waals surface area contributed by atoms with Crippen molar-refractivity contribution < 1.29 is 4.74 Å². The SMILES string of the molecule is COc1ccc(C(N)c2cscn2)cc1. The van der Waals surface area contributed by atoms with Gasteiger partial charge in [0.05, 0.1) is 24.4 Å². The van der Waals surface area contributed by atoms with Crippen molar-refractivity contribution in [2.24, 2.45) is 5.73 Å². The molecule has 2 aromatic rings. The summed E-state index contributed by atoms with van der Waals surface area (Å²) >= 11 is 1.55. The highest BCUT2D eigenvalue weighted by Crippen LogP contribution is 2.21. The number of aromatic nitrogens is 1. The summed E-state index contributed by atoms with van der Waals surface area (Å²) in [5.74, 6) is 0.837. The zero-order valence-corrected chi connectivity index (χ0v) is 9.20. The molecule has 0 radical (unpaired) electrons. The van der Waals surface area contributed by atoms with Gasteiger partial charge in [0.1, 0.15) is 5.75 Å². The third-order valence-corrected chi connectivity index (χ3v) is 2.85. The molecule has 0 saturated carbocycles. The highest BCUT2D eigenvalue weighted by atomic mass is 32.1. The molecule has 0 fully saturated rings. The number of ether oxygens (including phenoxy) is 1. The van der Waals surface area contributed by atoms with Crippen LogP contribution in [0.15, 0.2) is 35.2 Å². The lowest BCUT2D eigenvalue weighted by Gasteiger charge is -2.09. The van der Waals surface area contributed by atoms with E-state index >= 15 is 0 Å². The number of nitrogens with two attached hydrogens (primary N) is 1. The number of hydrogen-bond acceptors (Lipinski definition) is 4. The van der Waals surface area contributed by atoms with Gasteiger partial charge in [-0.2, -0.15) is 0 Å². The van der Waals surface area contributed by atoms with Crippen molar-refractivity contribution in [3.63, 3.8) is 0 Å². The molecular weight excluding hydrogens is 208 g/mol. The van der Waals surface area contributed by atoms with E-state index in [2.05, 4.69) is 4.98 Å². The molecule has 0 amide bonds. The van der Waals surface area contributed by atoms with Gasteiger partial charge in [-0.05, 0) is 17.7 Å². The minimum atomic E-state index is -0.151. The Kier molecular flexibility index (Phi) is 2.99. The molecule has 2 rings (SSSR count). The fourth-order valence-corrected chi connectivity index (χ4v) is 1.95. The summed E-state index contributed by atoms with van der Waals surface area (Å²) in [5.41, 5.74) is 9.80. The number of thiazole rings is 1. The maximum atomic E-state index is 6.06. The Morgan fingerprint density at radius 2 is 2.07 bits per heavy atom. The lowest BCUT2D eigenvalue weighted by Crippen LogP contribution is -2.11. The topological polar surface area (TPSA) is 48.1 Å². The average Bonchev–Trinajstić information content (AvgIpc) is 2.82. The zero-order valence-electron chi connectivity index (χ0n) is 8.38. The quantitative estimate of drug-likeness (QED) is 0.862. The summed E-state index contributed by atoms with van der Waals surface area (Å²) in [5, 5.41) is 1.97. The van der Waals surface area contributed by atoms with E-state index in [1.165, 1.54) is 0 Å². The second-order valence-corrected chi connectivity index (χ2v) is 3.88. The molecule has 0 spiro atoms. The fourth-order valence-electron chi connectivity index (χ4n) is 1.36. The van der Waals surface area contributed by atoms with Crippen molar-refractivity contribution in [1.82, 2.24) is 4.98 Å². The fraction of sp³-hybridized carbons (Fsp3) is 0.182. The van der Waals surface area contributed by atoms with Crippen molar-refractivity contribution in [3.8, 4) is 5.75 Å². The van der Waals surface area contributed by atoms with Crippen LogP contribution in [0.3, 0.4) is 0 Å². The summed E-state index contributed by atoms with van der Waals surface area (Å²) < 4.78 is 5.09. The molecule has 3 nitrogen and oxygen atoms in total. The van der Waals surface area contributed by atoms with Crippen LogP contribution in [0.25, 0.3) is 0 Å². The van der Waals surface area contributed by atoms with E-state index in [0.717, 1.165) is 17.0 Å². The molecule has 1 aromatic carbocycles. The number of benzene rings is 1. The first-order valence-corrected chi connectivity index (χ1v) is 5.53. The van der Waals surface area contributed by atoms with E-state index in [1.807, 2.05) is 29.6 Å². The van der Waals surface area contributed by atoms with Crippen molar-refractivity contribution >= 4 is 11.3 Å². The van der Waals surface area contributed by atoms with Crippen LogP contribution < -0.4 is 10.5 Å². The summed E-state index contributed by atoms with van der Waals surface area (Å²) in [7, 11) is 1.65. The number of hydrogen-bond donors (Lipinski definition) is 1. The smallest absolute Gasteiger partial charge is 0.118 e. The third kappa shape index (κ3) is 2.16. The standard InChI is InChI=1S/C11H12N2OS/c1-14-9-4-2-8(3-5-9)11(12)10-6-15-7-13-10/h2-7,11H,12H2,1H3. The Morgan fingerprint density at radius 1 is 1.33 bits per heavy atom. The van der Waals surface area contributed by atoms with Gasteiger partial charge in [-0.15, -0.1) is 11.3 Å². The monoisotopic (exact) mass is 220 g/mol. The molecule has 78 valence electrons. The maximum Gasteiger partial charge on any atom is 0.118 e. The van der Waals surface area contributed by atoms with Crippen LogP contribution in [-0.2, 0) is 0 Å². The first kappa shape index (κ1) is 10.1. The number of methoxy groups -OCH3 is 1. The van der Waals surface area contributed by atoms with Crippen LogP contribution >= 0.6 is 11.3 Å². The highest BCUT2D eigenvalue weighted by Gasteiger charge is 2.10. The van der Waals surface area contributed by atoms with E-state index in [1.54, 1.807) is 24.0 Å². The van der Waals surface area contributed by atoms with E-state index in [-0.39, 0.29) is 6.04 Å². The van der Waals surface area contributed by atoms with Gasteiger partial charge in [0.15, 0.2) is 0 Å². The molecule has 4 heteroatoms. The Balaban J connectivity index is 2.22. The number of nitrogens with zero attached hydrogens (tertiary/aromatic N) is 1. The molecule has 0 saturated heterocycles. The summed E-state index contributed by atoms with van der Waals surface area (Å²) in [6.07, 6.45) is 0. The molecule has 2 N–H and O–H groups in total. The van der Waals surface area contributed by atoms with Gasteiger partial charge in [-0.3, -0.25) is 0 Å². The average molecular weight is 220 g/mol. The lowest BCUT2D eigenvalue weighted by molar-refractivity contribution is 0.414. The molecule has 0 bridgehead atoms. The molecule has 0 aliphatic rings. The van der Waals surface area contributed by atoms with Crippen molar-refractivity contribution in [3.05, 3.63) is 46.4 Å². The molecule has 1 heterocycles. The van der Waals surface area contributed by atoms with E-state index < -0.39 is 0 Å². The molecule has 0 aliphatic heterocycles. The molecule has 1 unspecified atom stereocenters. The summed E-state index contributed by atoms with van der Waals surface area (Å²) in [4.78, 5) is 4.20. The Labute approximate surface area is 92.5 Å². The molecular formula is C11H12N2OS. The molecule has 1 aromatic heterocycles. The second kappa shape index (κ2) is 4.42. The van der Waals surface area contributed by atoms with Gasteiger partial charge in [-0.1, -0.05) is 12.1 Å². The van der Waals surface area contributed by atoms with Gasteiger partial charge >= 0.3 is 0 Å². The predicted molar refractivity (Wildman–Crippen MR) is 61.1 cm³/mol. The Hall–Kier alpha value is -1.39. The molecule has 1 atom stereocenters. The largest absolute Gasteiger partial charge is 0.497 e. The van der Waals surface area contributed by atoms with Crippen molar-refractivity contribution in [1.29, 1.82) is 0 Å². The minimum Gasteiger partial charge on any atom is -0.497 e. The molecule has 0 aliphatic carbocycles. The normalized spacial score (nSPS) is 12.4. The lowest BCUT2D eigenvalue weighted by atomic mass is 10.1. The van der Waals surface area contributed by atoms with Gasteiger partial charge in [0.2, 0.25) is 0 Å². The van der Waals surface area contributed by atoms with Gasteiger partial charge in [-0.25, -0.2) is 4.98 Å². The van der Waals surface area contributed by atoms with Crippen molar-refractivity contribution in [2.75, 3.05) is 7.11 Å². The maximum absolute atomic E-state index is 6.06. The van der Waals surface area contributed by atoms with Crippen LogP contribution in [-0.4, -0.2) is 12.1 Å². The van der Waals surface area contributed by atoms with Gasteiger partial charge in [0.25, 0.3) is 0 Å². The summed E-state index contributed by atoms with van der Waals surface area (Å²) in [6.45, 7) is 0. The van der Waals surface area contributed by atoms with Gasteiger partial charge < -0.3 is 10.5 Å². The molecule has 15 heavy (non-hydrogen) atoms. The van der Waals surface area contributed by atoms with E-state index in [0.29, 0.717) is 0 Å². The zero-order chi connectivity index (χ0) is 10.7. The van der Waals surface area contributed by atoms with Crippen LogP contribution in [0.2, 0.25) is 0 Å². The predicted octanol–water partition coefficient (Wildman–Crippen LogP) is 2.20. The van der Waals surface area contributed by atoms with Gasteiger partial charge in [0, 0.05) is 5.38 Å². The van der Waals surface area contributed by atoms with Crippen LogP contribution in [0.5, 0.6) is 5.75 Å². The number of rotatable bonds is 3. The minimum absolute atomic E-state index is 0.151. The Bertz CT molecular complexity index is 411. The van der Waals surface area contributed by atoms with Crippen LogP contribution in [0, 0.1) is 0 Å². The Morgan fingerprint density at radius 3 is 2.60 bits per heavy atom. The first-order chi connectivity index (χ1) is 7.31. The second-order valence-electron chi connectivity index (χ2n) is 3.16. The third-order valence-electron chi connectivity index (χ3n) is 2.24.